The summed E-state index contributed by atoms with van der Waals surface area (Å²) in [5.74, 6) is 3.67. The maximum absolute atomic E-state index is 12.6. The molecule has 0 spiro atoms. The number of terminal acetylenes is 1. The average Bonchev–Trinajstić information content (AvgIpc) is 3.14. The highest BCUT2D eigenvalue weighted by molar-refractivity contribution is 5.75. The molecule has 2 aliphatic rings. The van der Waals surface area contributed by atoms with Crippen LogP contribution in [0.4, 0.5) is 4.79 Å². The summed E-state index contributed by atoms with van der Waals surface area (Å²) < 4.78 is 11.1. The molecule has 1 saturated carbocycles. The number of nitrogens with zero attached hydrogens (tertiary/aromatic N) is 1. The maximum Gasteiger partial charge on any atom is 0.318 e. The zero-order valence-electron chi connectivity index (χ0n) is 13.0. The first-order valence-electron chi connectivity index (χ1n) is 7.67. The normalized spacial score (nSPS) is 28.3. The summed E-state index contributed by atoms with van der Waals surface area (Å²) >= 11 is 0. The molecule has 1 aliphatic carbocycles. The van der Waals surface area contributed by atoms with Crippen molar-refractivity contribution in [1.29, 1.82) is 0 Å². The van der Waals surface area contributed by atoms with Crippen LogP contribution in [-0.4, -0.2) is 36.2 Å². The predicted octanol–water partition coefficient (Wildman–Crippen LogP) is 2.24. The van der Waals surface area contributed by atoms with Gasteiger partial charge in [-0.3, -0.25) is 0 Å². The first kappa shape index (κ1) is 15.0. The number of hydrogen-bond donors (Lipinski definition) is 1. The highest BCUT2D eigenvalue weighted by Gasteiger charge is 2.59. The fraction of sp³-hybridized carbons (Fsp3) is 0.588. The molecule has 2 heterocycles. The van der Waals surface area contributed by atoms with Gasteiger partial charge in [0.15, 0.2) is 0 Å². The second-order valence-corrected chi connectivity index (χ2v) is 6.63. The van der Waals surface area contributed by atoms with Crippen LogP contribution in [0, 0.1) is 23.7 Å². The third-order valence-electron chi connectivity index (χ3n) is 4.88. The van der Waals surface area contributed by atoms with Crippen LogP contribution in [0.15, 0.2) is 22.8 Å². The van der Waals surface area contributed by atoms with Crippen molar-refractivity contribution in [2.45, 2.75) is 39.0 Å². The summed E-state index contributed by atoms with van der Waals surface area (Å²) in [7, 11) is 0. The van der Waals surface area contributed by atoms with Gasteiger partial charge in [0, 0.05) is 24.0 Å². The van der Waals surface area contributed by atoms with Gasteiger partial charge in [0.1, 0.15) is 5.76 Å². The molecular weight excluding hydrogens is 280 g/mol. The number of carbonyl (C=O) groups excluding carboxylic acids is 1. The van der Waals surface area contributed by atoms with Gasteiger partial charge in [-0.1, -0.05) is 19.8 Å². The number of hydrogen-bond acceptors (Lipinski definition) is 3. The molecule has 0 unspecified atom stereocenters. The fourth-order valence-electron chi connectivity index (χ4n) is 3.74. The fourth-order valence-corrected chi connectivity index (χ4v) is 3.74. The molecule has 1 aliphatic heterocycles. The van der Waals surface area contributed by atoms with Crippen LogP contribution in [0.25, 0.3) is 0 Å². The molecule has 1 aromatic rings. The van der Waals surface area contributed by atoms with Crippen LogP contribution < -0.4 is 5.32 Å². The van der Waals surface area contributed by atoms with Gasteiger partial charge < -0.3 is 19.4 Å². The lowest BCUT2D eigenvalue weighted by Gasteiger charge is -2.54. The lowest BCUT2D eigenvalue weighted by molar-refractivity contribution is -0.109. The van der Waals surface area contributed by atoms with E-state index in [9.17, 15) is 4.79 Å². The second kappa shape index (κ2) is 5.69. The van der Waals surface area contributed by atoms with Gasteiger partial charge in [-0.2, -0.15) is 0 Å². The van der Waals surface area contributed by atoms with Crippen LogP contribution in [-0.2, 0) is 11.3 Å². The third-order valence-corrected chi connectivity index (χ3v) is 4.88. The van der Waals surface area contributed by atoms with Gasteiger partial charge in [0.25, 0.3) is 0 Å². The van der Waals surface area contributed by atoms with Crippen molar-refractivity contribution >= 4 is 6.03 Å². The van der Waals surface area contributed by atoms with E-state index in [1.54, 1.807) is 17.2 Å². The molecule has 1 saturated heterocycles. The van der Waals surface area contributed by atoms with Crippen molar-refractivity contribution < 1.29 is 13.9 Å². The van der Waals surface area contributed by atoms with E-state index < -0.39 is 0 Å². The van der Waals surface area contributed by atoms with Crippen molar-refractivity contribution in [2.24, 2.45) is 11.3 Å². The Bertz CT molecular complexity index is 573. The summed E-state index contributed by atoms with van der Waals surface area (Å²) in [6.07, 6.45) is 8.24. The first-order chi connectivity index (χ1) is 10.5. The molecule has 3 rings (SSSR count). The molecule has 2 fully saturated rings. The van der Waals surface area contributed by atoms with Crippen LogP contribution in [0.2, 0.25) is 0 Å². The first-order valence-corrected chi connectivity index (χ1v) is 7.67. The molecular formula is C17H22N2O3. The van der Waals surface area contributed by atoms with E-state index in [1.807, 2.05) is 6.07 Å². The highest BCUT2D eigenvalue weighted by Crippen LogP contribution is 2.52. The zero-order chi connectivity index (χ0) is 15.7. The average molecular weight is 302 g/mol. The molecule has 22 heavy (non-hydrogen) atoms. The number of carbonyl (C=O) groups is 1. The summed E-state index contributed by atoms with van der Waals surface area (Å²) in [5, 5.41) is 3.15. The van der Waals surface area contributed by atoms with Gasteiger partial charge in [0.2, 0.25) is 0 Å². The smallest absolute Gasteiger partial charge is 0.318 e. The van der Waals surface area contributed by atoms with E-state index in [4.69, 9.17) is 15.6 Å². The molecule has 3 atom stereocenters. The van der Waals surface area contributed by atoms with Gasteiger partial charge in [0.05, 0.1) is 25.5 Å². The minimum atomic E-state index is -0.141. The second-order valence-electron chi connectivity index (χ2n) is 6.63. The number of nitrogens with one attached hydrogen (secondary N) is 1. The monoisotopic (exact) mass is 302 g/mol. The van der Waals surface area contributed by atoms with Crippen LogP contribution >= 0.6 is 0 Å². The van der Waals surface area contributed by atoms with Crippen LogP contribution in [0.1, 0.15) is 26.0 Å². The van der Waals surface area contributed by atoms with Crippen molar-refractivity contribution in [2.75, 3.05) is 13.2 Å². The number of urea groups is 1. The molecule has 1 N–H and O–H groups in total. The minimum absolute atomic E-state index is 0.0384. The van der Waals surface area contributed by atoms with Gasteiger partial charge >= 0.3 is 6.03 Å². The standard InChI is InChI=1S/C17H22N2O3/c1-4-8-19(11-12-6-5-9-21-12)16(20)18-14-13-7-10-22-15(13)17(14,2)3/h1,5-6,9,13-15H,7-8,10-11H2,2-3H3,(H,18,20)/t13-,14-,15+/m1/s1. The number of furan rings is 1. The summed E-state index contributed by atoms with van der Waals surface area (Å²) in [6, 6.07) is 3.63. The number of ether oxygens (including phenoxy) is 1. The SMILES string of the molecule is C#CCN(Cc1ccco1)C(=O)N[C@@H]1[C@H]2CCO[C@@H]2C1(C)C. The zero-order valence-corrected chi connectivity index (χ0v) is 13.0. The van der Waals surface area contributed by atoms with Gasteiger partial charge in [-0.15, -0.1) is 6.42 Å². The van der Waals surface area contributed by atoms with E-state index in [2.05, 4.69) is 25.1 Å². The highest BCUT2D eigenvalue weighted by atomic mass is 16.5. The largest absolute Gasteiger partial charge is 0.467 e. The molecule has 0 radical (unpaired) electrons. The lowest BCUT2D eigenvalue weighted by Crippen LogP contribution is -2.67. The number of rotatable bonds is 4. The maximum atomic E-state index is 12.6. The Morgan fingerprint density at radius 1 is 1.59 bits per heavy atom. The van der Waals surface area contributed by atoms with Gasteiger partial charge in [-0.05, 0) is 18.6 Å². The molecule has 5 heteroatoms. The Kier molecular flexibility index (Phi) is 3.88. The minimum Gasteiger partial charge on any atom is -0.467 e. The van der Waals surface area contributed by atoms with E-state index in [-0.39, 0.29) is 30.1 Å². The van der Waals surface area contributed by atoms with Crippen molar-refractivity contribution in [1.82, 2.24) is 10.2 Å². The Labute approximate surface area is 131 Å². The summed E-state index contributed by atoms with van der Waals surface area (Å²) in [6.45, 7) is 5.70. The number of amides is 2. The predicted molar refractivity (Wildman–Crippen MR) is 81.9 cm³/mol. The van der Waals surface area contributed by atoms with E-state index >= 15 is 0 Å². The molecule has 2 amide bonds. The Balaban J connectivity index is 1.65. The van der Waals surface area contributed by atoms with Crippen LogP contribution in [0.3, 0.4) is 0 Å². The Morgan fingerprint density at radius 2 is 2.41 bits per heavy atom. The molecule has 0 bridgehead atoms. The molecule has 1 aromatic heterocycles. The summed E-state index contributed by atoms with van der Waals surface area (Å²) in [5.41, 5.74) is -0.0384. The van der Waals surface area contributed by atoms with Gasteiger partial charge in [-0.25, -0.2) is 4.79 Å². The van der Waals surface area contributed by atoms with E-state index in [0.29, 0.717) is 12.5 Å². The third kappa shape index (κ3) is 2.48. The van der Waals surface area contributed by atoms with E-state index in [1.165, 1.54) is 0 Å². The Hall–Kier alpha value is -1.93. The number of fused-ring (bicyclic) bond motifs is 1. The van der Waals surface area contributed by atoms with Crippen LogP contribution in [0.5, 0.6) is 0 Å². The topological polar surface area (TPSA) is 54.7 Å². The quantitative estimate of drug-likeness (QED) is 0.868. The Morgan fingerprint density at radius 3 is 3.09 bits per heavy atom. The molecule has 118 valence electrons. The van der Waals surface area contributed by atoms with Crippen molar-refractivity contribution in [3.8, 4) is 12.3 Å². The lowest BCUT2D eigenvalue weighted by atomic mass is 9.57. The van der Waals surface area contributed by atoms with Crippen molar-refractivity contribution in [3.63, 3.8) is 0 Å². The molecule has 0 aromatic carbocycles. The summed E-state index contributed by atoms with van der Waals surface area (Å²) in [4.78, 5) is 14.2. The van der Waals surface area contributed by atoms with Crippen molar-refractivity contribution in [3.05, 3.63) is 24.2 Å². The van der Waals surface area contributed by atoms with E-state index in [0.717, 1.165) is 18.8 Å². The molecule has 5 nitrogen and oxygen atoms in total.